The van der Waals surface area contributed by atoms with Gasteiger partial charge in [-0.1, -0.05) is 32.0 Å². The minimum Gasteiger partial charge on any atom is -0.235 e. The molecular weight excluding hydrogens is 424 g/mol. The summed E-state index contributed by atoms with van der Waals surface area (Å²) in [6.45, 7) is 9.10. The second-order valence-electron chi connectivity index (χ2n) is 8.14. The number of fused-ring (bicyclic) bond motifs is 6. The molecule has 2 aromatic carbocycles. The standard InChI is InChI=1S/C25H20N2S3/c1-12(2)17-9-15(10-19-21(17)20-13(3)14(4)28-25(20)30-19)22-24-23(27-11-26-22)16-7-5-6-8-18(16)29-24/h5-12H,1-4H3. The first kappa shape index (κ1) is 18.4. The average molecular weight is 445 g/mol. The number of aromatic nitrogens is 2. The number of aryl methyl sites for hydroxylation is 2. The molecule has 0 bridgehead atoms. The molecule has 0 aliphatic rings. The molecule has 148 valence electrons. The zero-order valence-electron chi connectivity index (χ0n) is 17.2. The molecule has 4 aromatic heterocycles. The number of thiophene rings is 3. The van der Waals surface area contributed by atoms with Crippen LogP contribution in [0.4, 0.5) is 0 Å². The van der Waals surface area contributed by atoms with E-state index in [0.29, 0.717) is 5.92 Å². The highest BCUT2D eigenvalue weighted by molar-refractivity contribution is 7.41. The Morgan fingerprint density at radius 1 is 0.867 bits per heavy atom. The normalized spacial score (nSPS) is 12.3. The third kappa shape index (κ3) is 2.52. The van der Waals surface area contributed by atoms with E-state index in [1.165, 1.54) is 55.8 Å². The van der Waals surface area contributed by atoms with Gasteiger partial charge in [-0.15, -0.1) is 34.0 Å². The fourth-order valence-electron chi connectivity index (χ4n) is 4.36. The zero-order valence-corrected chi connectivity index (χ0v) is 19.7. The van der Waals surface area contributed by atoms with Crippen LogP contribution in [0, 0.1) is 13.8 Å². The van der Waals surface area contributed by atoms with Crippen molar-refractivity contribution < 1.29 is 0 Å². The molecule has 30 heavy (non-hydrogen) atoms. The molecule has 2 nitrogen and oxygen atoms in total. The first-order valence-electron chi connectivity index (χ1n) is 10.1. The van der Waals surface area contributed by atoms with Gasteiger partial charge in [0.15, 0.2) is 0 Å². The van der Waals surface area contributed by atoms with Gasteiger partial charge in [0.05, 0.1) is 19.9 Å². The Kier molecular flexibility index (Phi) is 4.04. The molecule has 0 aliphatic carbocycles. The van der Waals surface area contributed by atoms with E-state index in [1.54, 1.807) is 17.7 Å². The maximum absolute atomic E-state index is 4.76. The summed E-state index contributed by atoms with van der Waals surface area (Å²) in [5.41, 5.74) is 6.17. The number of hydrogen-bond acceptors (Lipinski definition) is 5. The van der Waals surface area contributed by atoms with E-state index in [9.17, 15) is 0 Å². The molecule has 0 spiro atoms. The molecule has 0 saturated heterocycles. The Labute approximate surface area is 186 Å². The van der Waals surface area contributed by atoms with Crippen LogP contribution in [0.3, 0.4) is 0 Å². The van der Waals surface area contributed by atoms with Crippen molar-refractivity contribution in [3.8, 4) is 11.3 Å². The van der Waals surface area contributed by atoms with E-state index >= 15 is 0 Å². The third-order valence-corrected chi connectivity index (χ3v) is 9.59. The van der Waals surface area contributed by atoms with Gasteiger partial charge in [0.2, 0.25) is 0 Å². The van der Waals surface area contributed by atoms with E-state index in [4.69, 9.17) is 4.98 Å². The SMILES string of the molecule is Cc1sc2sc3cc(-c4ncnc5c4sc4ccccc45)cc(C(C)C)c3c2c1C. The maximum atomic E-state index is 4.76. The lowest BCUT2D eigenvalue weighted by Gasteiger charge is -2.12. The van der Waals surface area contributed by atoms with Gasteiger partial charge >= 0.3 is 0 Å². The van der Waals surface area contributed by atoms with Crippen molar-refractivity contribution in [2.24, 2.45) is 0 Å². The minimum atomic E-state index is 0.449. The van der Waals surface area contributed by atoms with Crippen molar-refractivity contribution >= 4 is 73.8 Å². The maximum Gasteiger partial charge on any atom is 0.116 e. The van der Waals surface area contributed by atoms with E-state index in [2.05, 4.69) is 69.1 Å². The van der Waals surface area contributed by atoms with E-state index in [0.717, 1.165) is 11.2 Å². The van der Waals surface area contributed by atoms with Crippen molar-refractivity contribution in [2.75, 3.05) is 0 Å². The van der Waals surface area contributed by atoms with E-state index in [1.807, 2.05) is 22.7 Å². The molecule has 4 heterocycles. The first-order valence-corrected chi connectivity index (χ1v) is 12.6. The lowest BCUT2D eigenvalue weighted by Crippen LogP contribution is -1.92. The summed E-state index contributed by atoms with van der Waals surface area (Å²) in [6.07, 6.45) is 1.72. The average Bonchev–Trinajstić information content (AvgIpc) is 3.37. The molecule has 0 atom stereocenters. The van der Waals surface area contributed by atoms with Crippen LogP contribution < -0.4 is 0 Å². The number of hydrogen-bond donors (Lipinski definition) is 0. The fourth-order valence-corrected chi connectivity index (χ4v) is 8.30. The third-order valence-electron chi connectivity index (χ3n) is 5.99. The highest BCUT2D eigenvalue weighted by Gasteiger charge is 2.20. The molecule has 0 amide bonds. The quantitative estimate of drug-likeness (QED) is 0.267. The van der Waals surface area contributed by atoms with Crippen LogP contribution in [0.25, 0.3) is 51.0 Å². The summed E-state index contributed by atoms with van der Waals surface area (Å²) >= 11 is 5.65. The smallest absolute Gasteiger partial charge is 0.116 e. The summed E-state index contributed by atoms with van der Waals surface area (Å²) in [6, 6.07) is 13.2. The van der Waals surface area contributed by atoms with Crippen molar-refractivity contribution in [3.05, 3.63) is 58.7 Å². The van der Waals surface area contributed by atoms with Crippen LogP contribution >= 0.6 is 34.0 Å². The van der Waals surface area contributed by atoms with Gasteiger partial charge in [-0.3, -0.25) is 0 Å². The lowest BCUT2D eigenvalue weighted by molar-refractivity contribution is 0.877. The van der Waals surface area contributed by atoms with E-state index < -0.39 is 0 Å². The Morgan fingerprint density at radius 3 is 2.53 bits per heavy atom. The molecule has 0 unspecified atom stereocenters. The summed E-state index contributed by atoms with van der Waals surface area (Å²) in [4.78, 5) is 10.8. The monoisotopic (exact) mass is 444 g/mol. The van der Waals surface area contributed by atoms with Gasteiger partial charge in [0, 0.05) is 36.0 Å². The van der Waals surface area contributed by atoms with Crippen LogP contribution in [0.5, 0.6) is 0 Å². The van der Waals surface area contributed by atoms with E-state index in [-0.39, 0.29) is 0 Å². The number of rotatable bonds is 2. The van der Waals surface area contributed by atoms with Gasteiger partial charge in [-0.2, -0.15) is 0 Å². The van der Waals surface area contributed by atoms with Gasteiger partial charge < -0.3 is 0 Å². The Hall–Kier alpha value is -2.34. The Morgan fingerprint density at radius 2 is 1.70 bits per heavy atom. The van der Waals surface area contributed by atoms with Crippen molar-refractivity contribution in [3.63, 3.8) is 0 Å². The van der Waals surface area contributed by atoms with Gasteiger partial charge in [-0.05, 0) is 49.1 Å². The van der Waals surface area contributed by atoms with Gasteiger partial charge in [0.1, 0.15) is 6.33 Å². The summed E-state index contributed by atoms with van der Waals surface area (Å²) in [5, 5.41) is 4.12. The van der Waals surface area contributed by atoms with Crippen molar-refractivity contribution in [2.45, 2.75) is 33.6 Å². The fraction of sp³-hybridized carbons (Fsp3) is 0.200. The molecule has 5 heteroatoms. The highest BCUT2D eigenvalue weighted by atomic mass is 32.2. The molecule has 0 aliphatic heterocycles. The molecule has 6 aromatic rings. The zero-order chi connectivity index (χ0) is 20.6. The second kappa shape index (κ2) is 6.58. The molecule has 0 N–H and O–H groups in total. The molecular formula is C25H20N2S3. The van der Waals surface area contributed by atoms with Gasteiger partial charge in [0.25, 0.3) is 0 Å². The lowest BCUT2D eigenvalue weighted by atomic mass is 9.93. The van der Waals surface area contributed by atoms with Crippen LogP contribution in [0.15, 0.2) is 42.7 Å². The molecule has 0 saturated carbocycles. The second-order valence-corrected chi connectivity index (χ2v) is 11.7. The number of nitrogens with zero attached hydrogens (tertiary/aromatic N) is 2. The minimum absolute atomic E-state index is 0.449. The number of benzene rings is 2. The Balaban J connectivity index is 1.70. The molecule has 6 rings (SSSR count). The van der Waals surface area contributed by atoms with Crippen LogP contribution in [0.2, 0.25) is 0 Å². The van der Waals surface area contributed by atoms with Crippen molar-refractivity contribution in [1.29, 1.82) is 0 Å². The molecule has 0 fully saturated rings. The summed E-state index contributed by atoms with van der Waals surface area (Å²) in [5.74, 6) is 0.449. The largest absolute Gasteiger partial charge is 0.235 e. The summed E-state index contributed by atoms with van der Waals surface area (Å²) < 4.78 is 5.25. The topological polar surface area (TPSA) is 25.8 Å². The first-order chi connectivity index (χ1) is 14.5. The predicted molar refractivity (Wildman–Crippen MR) is 135 cm³/mol. The van der Waals surface area contributed by atoms with Crippen molar-refractivity contribution in [1.82, 2.24) is 9.97 Å². The van der Waals surface area contributed by atoms with Gasteiger partial charge in [-0.25, -0.2) is 9.97 Å². The molecule has 0 radical (unpaired) electrons. The Bertz CT molecular complexity index is 1600. The van der Waals surface area contributed by atoms with Crippen LogP contribution in [-0.4, -0.2) is 9.97 Å². The van der Waals surface area contributed by atoms with Crippen LogP contribution in [0.1, 0.15) is 35.8 Å². The highest BCUT2D eigenvalue weighted by Crippen LogP contribution is 2.47. The van der Waals surface area contributed by atoms with Crippen LogP contribution in [-0.2, 0) is 0 Å². The summed E-state index contributed by atoms with van der Waals surface area (Å²) in [7, 11) is 0. The predicted octanol–water partition coefficient (Wildman–Crippen LogP) is 8.68.